The van der Waals surface area contributed by atoms with E-state index in [0.29, 0.717) is 10.6 Å². The minimum absolute atomic E-state index is 0.0659. The molecule has 17 heavy (non-hydrogen) atoms. The quantitative estimate of drug-likeness (QED) is 0.844. The molecule has 1 aromatic rings. The number of hydrogen-bond donors (Lipinski definition) is 2. The molecule has 0 aliphatic rings. The van der Waals surface area contributed by atoms with Crippen LogP contribution >= 0.6 is 11.6 Å². The lowest BCUT2D eigenvalue weighted by atomic mass is 10.1. The Balaban J connectivity index is 2.47. The number of nitrogens with one attached hydrogen (secondary N) is 1. The van der Waals surface area contributed by atoms with Gasteiger partial charge in [0, 0.05) is 11.4 Å². The van der Waals surface area contributed by atoms with Gasteiger partial charge in [-0.15, -0.1) is 0 Å². The van der Waals surface area contributed by atoms with Crippen molar-refractivity contribution in [2.75, 3.05) is 6.54 Å². The van der Waals surface area contributed by atoms with Gasteiger partial charge in [-0.2, -0.15) is 0 Å². The molecule has 0 fully saturated rings. The van der Waals surface area contributed by atoms with E-state index in [1.807, 2.05) is 0 Å². The van der Waals surface area contributed by atoms with Crippen molar-refractivity contribution >= 4 is 23.5 Å². The highest BCUT2D eigenvalue weighted by atomic mass is 35.5. The van der Waals surface area contributed by atoms with Crippen LogP contribution in [0.2, 0.25) is 5.02 Å². The molecule has 0 saturated heterocycles. The summed E-state index contributed by atoms with van der Waals surface area (Å²) in [4.78, 5) is 21.4. The molecule has 0 bridgehead atoms. The zero-order chi connectivity index (χ0) is 12.8. The number of carboxylic acid groups (broad SMARTS) is 1. The van der Waals surface area contributed by atoms with Crippen molar-refractivity contribution in [3.05, 3.63) is 34.6 Å². The summed E-state index contributed by atoms with van der Waals surface area (Å²) in [6.07, 6.45) is 0.332. The first kappa shape index (κ1) is 13.4. The highest BCUT2D eigenvalue weighted by Crippen LogP contribution is 2.18. The number of aryl methyl sites for hydroxylation is 1. The van der Waals surface area contributed by atoms with E-state index < -0.39 is 24.2 Å². The fraction of sp³-hybridized carbons (Fsp3) is 0.273. The highest BCUT2D eigenvalue weighted by molar-refractivity contribution is 6.31. The molecule has 0 saturated carbocycles. The van der Waals surface area contributed by atoms with Crippen molar-refractivity contribution in [2.45, 2.75) is 12.8 Å². The van der Waals surface area contributed by atoms with Gasteiger partial charge in [-0.25, -0.2) is 4.39 Å². The van der Waals surface area contributed by atoms with Crippen LogP contribution in [0.1, 0.15) is 12.0 Å². The van der Waals surface area contributed by atoms with E-state index >= 15 is 0 Å². The molecule has 6 heteroatoms. The number of aliphatic carboxylic acids is 1. The van der Waals surface area contributed by atoms with Crippen LogP contribution in [0.3, 0.4) is 0 Å². The summed E-state index contributed by atoms with van der Waals surface area (Å²) in [7, 11) is 0. The standard InChI is InChI=1S/C11H11ClFNO3/c12-9-3-2-8(13)5-7(9)1-4-10(15)14-6-11(16)17/h2-3,5H,1,4,6H2,(H,14,15)(H,16,17). The average molecular weight is 260 g/mol. The fourth-order valence-corrected chi connectivity index (χ4v) is 1.46. The summed E-state index contributed by atoms with van der Waals surface area (Å²) in [6, 6.07) is 3.91. The van der Waals surface area contributed by atoms with Crippen molar-refractivity contribution < 1.29 is 19.1 Å². The number of halogens is 2. The maximum absolute atomic E-state index is 12.9. The Morgan fingerprint density at radius 1 is 1.41 bits per heavy atom. The van der Waals surface area contributed by atoms with Crippen LogP contribution in [0.4, 0.5) is 4.39 Å². The lowest BCUT2D eigenvalue weighted by Crippen LogP contribution is -2.29. The van der Waals surface area contributed by atoms with Gasteiger partial charge < -0.3 is 10.4 Å². The Morgan fingerprint density at radius 3 is 2.76 bits per heavy atom. The van der Waals surface area contributed by atoms with Crippen LogP contribution in [-0.4, -0.2) is 23.5 Å². The Kier molecular flexibility index (Phi) is 4.90. The molecular weight excluding hydrogens is 249 g/mol. The third-order valence-electron chi connectivity index (χ3n) is 2.07. The first-order valence-corrected chi connectivity index (χ1v) is 5.29. The van der Waals surface area contributed by atoms with Crippen LogP contribution in [0, 0.1) is 5.82 Å². The van der Waals surface area contributed by atoms with Crippen molar-refractivity contribution in [2.24, 2.45) is 0 Å². The molecule has 0 heterocycles. The molecule has 4 nitrogen and oxygen atoms in total. The molecule has 92 valence electrons. The van der Waals surface area contributed by atoms with Crippen molar-refractivity contribution in [1.29, 1.82) is 0 Å². The van der Waals surface area contributed by atoms with E-state index in [1.54, 1.807) is 0 Å². The fourth-order valence-electron chi connectivity index (χ4n) is 1.25. The molecule has 0 aliphatic carbocycles. The summed E-state index contributed by atoms with van der Waals surface area (Å²) in [5, 5.41) is 10.9. The van der Waals surface area contributed by atoms with Crippen molar-refractivity contribution in [3.63, 3.8) is 0 Å². The van der Waals surface area contributed by atoms with Gasteiger partial charge in [0.15, 0.2) is 0 Å². The third kappa shape index (κ3) is 4.82. The van der Waals surface area contributed by atoms with Gasteiger partial charge in [0.05, 0.1) is 0 Å². The van der Waals surface area contributed by atoms with Crippen LogP contribution < -0.4 is 5.32 Å². The maximum atomic E-state index is 12.9. The van der Waals surface area contributed by atoms with Crippen molar-refractivity contribution in [3.8, 4) is 0 Å². The SMILES string of the molecule is O=C(O)CNC(=O)CCc1cc(F)ccc1Cl. The first-order chi connectivity index (χ1) is 7.99. The summed E-state index contributed by atoms with van der Waals surface area (Å²) < 4.78 is 12.9. The van der Waals surface area contributed by atoms with Crippen LogP contribution in [0.15, 0.2) is 18.2 Å². The van der Waals surface area contributed by atoms with Crippen LogP contribution in [0.5, 0.6) is 0 Å². The Hall–Kier alpha value is -1.62. The molecule has 0 spiro atoms. The molecule has 2 N–H and O–H groups in total. The molecule has 0 radical (unpaired) electrons. The zero-order valence-electron chi connectivity index (χ0n) is 8.87. The van der Waals surface area contributed by atoms with E-state index in [-0.39, 0.29) is 12.8 Å². The molecule has 0 atom stereocenters. The van der Waals surface area contributed by atoms with Gasteiger partial charge in [0.25, 0.3) is 0 Å². The van der Waals surface area contributed by atoms with E-state index in [4.69, 9.17) is 16.7 Å². The number of rotatable bonds is 5. The molecule has 0 aromatic heterocycles. The second-order valence-electron chi connectivity index (χ2n) is 3.41. The molecule has 1 aromatic carbocycles. The monoisotopic (exact) mass is 259 g/mol. The molecule has 1 amide bonds. The molecular formula is C11H11ClFNO3. The second kappa shape index (κ2) is 6.20. The normalized spacial score (nSPS) is 10.0. The molecule has 1 rings (SSSR count). The van der Waals surface area contributed by atoms with Gasteiger partial charge in [0.1, 0.15) is 12.4 Å². The third-order valence-corrected chi connectivity index (χ3v) is 2.43. The minimum Gasteiger partial charge on any atom is -0.480 e. The van der Waals surface area contributed by atoms with E-state index in [1.165, 1.54) is 18.2 Å². The number of amides is 1. The van der Waals surface area contributed by atoms with E-state index in [0.717, 1.165) is 0 Å². The summed E-state index contributed by atoms with van der Waals surface area (Å²) in [5.41, 5.74) is 0.525. The number of benzene rings is 1. The van der Waals surface area contributed by atoms with Gasteiger partial charge in [-0.05, 0) is 30.2 Å². The van der Waals surface area contributed by atoms with E-state index in [2.05, 4.69) is 5.32 Å². The lowest BCUT2D eigenvalue weighted by molar-refractivity contribution is -0.137. The second-order valence-corrected chi connectivity index (χ2v) is 3.81. The minimum atomic E-state index is -1.11. The highest BCUT2D eigenvalue weighted by Gasteiger charge is 2.07. The summed E-state index contributed by atoms with van der Waals surface area (Å²) >= 11 is 5.81. The Morgan fingerprint density at radius 2 is 2.12 bits per heavy atom. The lowest BCUT2D eigenvalue weighted by Gasteiger charge is -2.04. The smallest absolute Gasteiger partial charge is 0.322 e. The van der Waals surface area contributed by atoms with Gasteiger partial charge in [-0.1, -0.05) is 11.6 Å². The van der Waals surface area contributed by atoms with Crippen LogP contribution in [-0.2, 0) is 16.0 Å². The predicted octanol–water partition coefficient (Wildman–Crippen LogP) is 1.61. The average Bonchev–Trinajstić information content (AvgIpc) is 2.27. The van der Waals surface area contributed by atoms with Crippen LogP contribution in [0.25, 0.3) is 0 Å². The number of carbonyl (C=O) groups excluding carboxylic acids is 1. The van der Waals surface area contributed by atoms with Gasteiger partial charge in [0.2, 0.25) is 5.91 Å². The summed E-state index contributed by atoms with van der Waals surface area (Å²) in [5.74, 6) is -1.94. The zero-order valence-corrected chi connectivity index (χ0v) is 9.63. The topological polar surface area (TPSA) is 66.4 Å². The van der Waals surface area contributed by atoms with E-state index in [9.17, 15) is 14.0 Å². The predicted molar refractivity (Wildman–Crippen MR) is 60.4 cm³/mol. The van der Waals surface area contributed by atoms with Gasteiger partial charge in [-0.3, -0.25) is 9.59 Å². The van der Waals surface area contributed by atoms with Crippen molar-refractivity contribution in [1.82, 2.24) is 5.32 Å². The molecule has 0 unspecified atom stereocenters. The Labute approximate surface area is 102 Å². The largest absolute Gasteiger partial charge is 0.480 e. The number of hydrogen-bond acceptors (Lipinski definition) is 2. The Bertz CT molecular complexity index is 437. The number of carboxylic acids is 1. The summed E-state index contributed by atoms with van der Waals surface area (Å²) in [6.45, 7) is -0.421. The number of carbonyl (C=O) groups is 2. The first-order valence-electron chi connectivity index (χ1n) is 4.91. The molecule has 0 aliphatic heterocycles. The van der Waals surface area contributed by atoms with Gasteiger partial charge >= 0.3 is 5.97 Å². The maximum Gasteiger partial charge on any atom is 0.322 e.